The highest BCUT2D eigenvalue weighted by Crippen LogP contribution is 2.06. The van der Waals surface area contributed by atoms with Crippen LogP contribution >= 0.6 is 0 Å². The SMILES string of the molecule is C#CCCc1cn(C)nc1C. The lowest BCUT2D eigenvalue weighted by molar-refractivity contribution is 0.756. The average molecular weight is 148 g/mol. The highest BCUT2D eigenvalue weighted by atomic mass is 15.2. The van der Waals surface area contributed by atoms with Crippen LogP contribution in [0.15, 0.2) is 6.20 Å². The number of nitrogens with zero attached hydrogens (tertiary/aromatic N) is 2. The molecule has 0 amide bonds. The van der Waals surface area contributed by atoms with Gasteiger partial charge in [0.2, 0.25) is 0 Å². The molecule has 2 heteroatoms. The minimum absolute atomic E-state index is 0.798. The summed E-state index contributed by atoms with van der Waals surface area (Å²) in [5.74, 6) is 2.62. The number of hydrogen-bond donors (Lipinski definition) is 0. The fraction of sp³-hybridized carbons (Fsp3) is 0.444. The molecular formula is C9H12N2. The Morgan fingerprint density at radius 2 is 2.45 bits per heavy atom. The van der Waals surface area contributed by atoms with Gasteiger partial charge >= 0.3 is 0 Å². The smallest absolute Gasteiger partial charge is 0.0625 e. The van der Waals surface area contributed by atoms with Crippen LogP contribution in [0.3, 0.4) is 0 Å². The first-order chi connectivity index (χ1) is 5.24. The van der Waals surface area contributed by atoms with Crippen molar-refractivity contribution in [3.63, 3.8) is 0 Å². The predicted octanol–water partition coefficient (Wildman–Crippen LogP) is 1.29. The second kappa shape index (κ2) is 3.25. The Kier molecular flexibility index (Phi) is 2.32. The minimum Gasteiger partial charge on any atom is -0.275 e. The van der Waals surface area contributed by atoms with Crippen LogP contribution in [0.5, 0.6) is 0 Å². The van der Waals surface area contributed by atoms with Crippen molar-refractivity contribution in [2.45, 2.75) is 19.8 Å². The molecule has 1 aromatic heterocycles. The fourth-order valence-corrected chi connectivity index (χ4v) is 1.10. The van der Waals surface area contributed by atoms with E-state index < -0.39 is 0 Å². The second-order valence-electron chi connectivity index (χ2n) is 2.62. The normalized spacial score (nSPS) is 9.55. The van der Waals surface area contributed by atoms with Crippen molar-refractivity contribution < 1.29 is 0 Å². The van der Waals surface area contributed by atoms with Crippen molar-refractivity contribution in [2.75, 3.05) is 0 Å². The minimum atomic E-state index is 0.798. The average Bonchev–Trinajstić information content (AvgIpc) is 2.26. The lowest BCUT2D eigenvalue weighted by Gasteiger charge is -1.90. The summed E-state index contributed by atoms with van der Waals surface area (Å²) in [5.41, 5.74) is 2.34. The van der Waals surface area contributed by atoms with Crippen LogP contribution in [0.2, 0.25) is 0 Å². The van der Waals surface area contributed by atoms with E-state index in [0.29, 0.717) is 0 Å². The molecule has 0 aliphatic rings. The molecule has 0 aliphatic carbocycles. The van der Waals surface area contributed by atoms with Crippen LogP contribution in [0.1, 0.15) is 17.7 Å². The Balaban J connectivity index is 2.71. The molecule has 2 nitrogen and oxygen atoms in total. The highest BCUT2D eigenvalue weighted by molar-refractivity contribution is 5.16. The topological polar surface area (TPSA) is 17.8 Å². The van der Waals surface area contributed by atoms with E-state index in [1.165, 1.54) is 5.56 Å². The van der Waals surface area contributed by atoms with E-state index in [-0.39, 0.29) is 0 Å². The summed E-state index contributed by atoms with van der Waals surface area (Å²) in [6.45, 7) is 2.01. The number of hydrogen-bond acceptors (Lipinski definition) is 1. The Morgan fingerprint density at radius 3 is 2.91 bits per heavy atom. The standard InChI is InChI=1S/C9H12N2/c1-4-5-6-9-7-11(3)10-8(9)2/h1,7H,5-6H2,2-3H3. The van der Waals surface area contributed by atoms with E-state index in [2.05, 4.69) is 11.0 Å². The van der Waals surface area contributed by atoms with Crippen molar-refractivity contribution in [2.24, 2.45) is 7.05 Å². The summed E-state index contributed by atoms with van der Waals surface area (Å²) in [5, 5.41) is 4.21. The fourth-order valence-electron chi connectivity index (χ4n) is 1.10. The number of rotatable bonds is 2. The first kappa shape index (κ1) is 7.87. The summed E-state index contributed by atoms with van der Waals surface area (Å²) in [7, 11) is 1.92. The third-order valence-corrected chi connectivity index (χ3v) is 1.65. The molecule has 0 atom stereocenters. The van der Waals surface area contributed by atoms with E-state index >= 15 is 0 Å². The third kappa shape index (κ3) is 1.84. The largest absolute Gasteiger partial charge is 0.275 e. The van der Waals surface area contributed by atoms with Crippen molar-refractivity contribution in [3.05, 3.63) is 17.5 Å². The molecular weight excluding hydrogens is 136 g/mol. The summed E-state index contributed by atoms with van der Waals surface area (Å²) in [6.07, 6.45) is 8.92. The zero-order chi connectivity index (χ0) is 8.27. The van der Waals surface area contributed by atoms with Gasteiger partial charge in [0.05, 0.1) is 5.69 Å². The molecule has 1 rings (SSSR count). The maximum absolute atomic E-state index is 5.16. The molecule has 0 aromatic carbocycles. The van der Waals surface area contributed by atoms with Gasteiger partial charge in [-0.3, -0.25) is 4.68 Å². The molecule has 0 radical (unpaired) electrons. The molecule has 0 saturated carbocycles. The van der Waals surface area contributed by atoms with Gasteiger partial charge in [-0.05, 0) is 18.9 Å². The van der Waals surface area contributed by atoms with E-state index in [1.54, 1.807) is 0 Å². The maximum atomic E-state index is 5.16. The monoisotopic (exact) mass is 148 g/mol. The number of aryl methyl sites for hydroxylation is 3. The van der Waals surface area contributed by atoms with Crippen molar-refractivity contribution in [1.29, 1.82) is 0 Å². The summed E-state index contributed by atoms with van der Waals surface area (Å²) in [4.78, 5) is 0. The van der Waals surface area contributed by atoms with E-state index in [0.717, 1.165) is 18.5 Å². The zero-order valence-corrected chi connectivity index (χ0v) is 6.96. The summed E-state index contributed by atoms with van der Waals surface area (Å²) < 4.78 is 1.82. The van der Waals surface area contributed by atoms with Gasteiger partial charge in [0.1, 0.15) is 0 Å². The van der Waals surface area contributed by atoms with E-state index in [4.69, 9.17) is 6.42 Å². The number of terminal acetylenes is 1. The van der Waals surface area contributed by atoms with Crippen LogP contribution in [0, 0.1) is 19.3 Å². The predicted molar refractivity (Wildman–Crippen MR) is 45.1 cm³/mol. The third-order valence-electron chi connectivity index (χ3n) is 1.65. The van der Waals surface area contributed by atoms with Gasteiger partial charge in [-0.2, -0.15) is 5.10 Å². The van der Waals surface area contributed by atoms with E-state index in [1.807, 2.05) is 24.9 Å². The molecule has 1 heterocycles. The molecule has 0 N–H and O–H groups in total. The quantitative estimate of drug-likeness (QED) is 0.578. The van der Waals surface area contributed by atoms with Crippen LogP contribution in [0.25, 0.3) is 0 Å². The van der Waals surface area contributed by atoms with Gasteiger partial charge in [0.15, 0.2) is 0 Å². The lowest BCUT2D eigenvalue weighted by Crippen LogP contribution is -1.86. The zero-order valence-electron chi connectivity index (χ0n) is 6.96. The maximum Gasteiger partial charge on any atom is 0.0625 e. The molecule has 0 unspecified atom stereocenters. The van der Waals surface area contributed by atoms with Gasteiger partial charge in [-0.25, -0.2) is 0 Å². The van der Waals surface area contributed by atoms with Crippen LogP contribution < -0.4 is 0 Å². The first-order valence-corrected chi connectivity index (χ1v) is 3.66. The number of aromatic nitrogens is 2. The van der Waals surface area contributed by atoms with Crippen LogP contribution in [0.4, 0.5) is 0 Å². The summed E-state index contributed by atoms with van der Waals surface area (Å²) in [6, 6.07) is 0. The Labute approximate surface area is 67.2 Å². The van der Waals surface area contributed by atoms with Gasteiger partial charge < -0.3 is 0 Å². The lowest BCUT2D eigenvalue weighted by atomic mass is 10.1. The van der Waals surface area contributed by atoms with E-state index in [9.17, 15) is 0 Å². The highest BCUT2D eigenvalue weighted by Gasteiger charge is 2.00. The Bertz CT molecular complexity index is 278. The molecule has 0 fully saturated rings. The van der Waals surface area contributed by atoms with Crippen LogP contribution in [-0.2, 0) is 13.5 Å². The van der Waals surface area contributed by atoms with Gasteiger partial charge in [0.25, 0.3) is 0 Å². The molecule has 0 spiro atoms. The van der Waals surface area contributed by atoms with Crippen LogP contribution in [-0.4, -0.2) is 9.78 Å². The van der Waals surface area contributed by atoms with Crippen molar-refractivity contribution in [1.82, 2.24) is 9.78 Å². The molecule has 0 bridgehead atoms. The Hall–Kier alpha value is -1.23. The van der Waals surface area contributed by atoms with Gasteiger partial charge in [-0.1, -0.05) is 0 Å². The molecule has 0 saturated heterocycles. The van der Waals surface area contributed by atoms with Gasteiger partial charge in [-0.15, -0.1) is 12.3 Å². The molecule has 0 aliphatic heterocycles. The Morgan fingerprint density at radius 1 is 1.73 bits per heavy atom. The van der Waals surface area contributed by atoms with Gasteiger partial charge in [0, 0.05) is 19.7 Å². The molecule has 11 heavy (non-hydrogen) atoms. The van der Waals surface area contributed by atoms with Crippen molar-refractivity contribution in [3.8, 4) is 12.3 Å². The summed E-state index contributed by atoms with van der Waals surface area (Å²) >= 11 is 0. The molecule has 1 aromatic rings. The molecule has 58 valence electrons. The van der Waals surface area contributed by atoms with Crippen molar-refractivity contribution >= 4 is 0 Å². The first-order valence-electron chi connectivity index (χ1n) is 3.66. The second-order valence-corrected chi connectivity index (χ2v) is 2.62.